The summed E-state index contributed by atoms with van der Waals surface area (Å²) >= 11 is 1.77. The molecule has 0 atom stereocenters. The third-order valence-electron chi connectivity index (χ3n) is 3.22. The average molecular weight is 283 g/mol. The fraction of sp³-hybridized carbons (Fsp3) is 0.176. The molecule has 2 nitrogen and oxygen atoms in total. The molecule has 0 radical (unpaired) electrons. The highest BCUT2D eigenvalue weighted by Crippen LogP contribution is 2.20. The van der Waals surface area contributed by atoms with E-state index in [1.54, 1.807) is 11.8 Å². The smallest absolute Gasteiger partial charge is 0.123 e. The minimum atomic E-state index is 0.715. The lowest BCUT2D eigenvalue weighted by Gasteiger charge is -2.06. The molecule has 0 aliphatic carbocycles. The molecule has 1 N–H and O–H groups in total. The van der Waals surface area contributed by atoms with Crippen LogP contribution in [-0.4, -0.2) is 6.26 Å². The van der Waals surface area contributed by atoms with Crippen molar-refractivity contribution in [3.05, 3.63) is 66.1 Å². The van der Waals surface area contributed by atoms with Crippen LogP contribution >= 0.6 is 11.8 Å². The van der Waals surface area contributed by atoms with Crippen molar-refractivity contribution in [1.82, 2.24) is 0 Å². The third-order valence-corrected chi connectivity index (χ3v) is 3.79. The van der Waals surface area contributed by atoms with Crippen LogP contribution in [0.25, 0.3) is 10.8 Å². The van der Waals surface area contributed by atoms with Crippen LogP contribution < -0.4 is 5.32 Å². The Morgan fingerprint density at radius 2 is 1.75 bits per heavy atom. The van der Waals surface area contributed by atoms with Crippen LogP contribution in [0.5, 0.6) is 0 Å². The van der Waals surface area contributed by atoms with Gasteiger partial charge in [0.15, 0.2) is 0 Å². The number of thioether (sulfide) groups is 1. The second-order valence-corrected chi connectivity index (χ2v) is 5.58. The summed E-state index contributed by atoms with van der Waals surface area (Å²) in [5.74, 6) is 2.94. The summed E-state index contributed by atoms with van der Waals surface area (Å²) < 4.78 is 5.75. The summed E-state index contributed by atoms with van der Waals surface area (Å²) in [6, 6.07) is 18.9. The normalized spacial score (nSPS) is 10.8. The van der Waals surface area contributed by atoms with Crippen molar-refractivity contribution < 1.29 is 4.42 Å². The van der Waals surface area contributed by atoms with Gasteiger partial charge in [0.05, 0.1) is 12.3 Å². The Balaban J connectivity index is 1.69. The first-order chi connectivity index (χ1) is 9.85. The lowest BCUT2D eigenvalue weighted by atomic mass is 10.1. The molecule has 0 fully saturated rings. The van der Waals surface area contributed by atoms with Crippen LogP contribution in [0.15, 0.2) is 59.0 Å². The van der Waals surface area contributed by atoms with Crippen LogP contribution in [0.3, 0.4) is 0 Å². The SMILES string of the molecule is CSCc1ccc(CNc2ccc3ccccc3c2)o1. The molecule has 0 amide bonds. The number of anilines is 1. The monoisotopic (exact) mass is 283 g/mol. The minimum Gasteiger partial charge on any atom is -0.463 e. The van der Waals surface area contributed by atoms with Crippen LogP contribution in [-0.2, 0) is 12.3 Å². The Morgan fingerprint density at radius 3 is 2.60 bits per heavy atom. The summed E-state index contributed by atoms with van der Waals surface area (Å²) in [6.45, 7) is 0.715. The molecule has 0 spiro atoms. The second-order valence-electron chi connectivity index (χ2n) is 4.72. The van der Waals surface area contributed by atoms with Crippen molar-refractivity contribution in [2.45, 2.75) is 12.3 Å². The van der Waals surface area contributed by atoms with E-state index in [0.29, 0.717) is 6.54 Å². The Kier molecular flexibility index (Phi) is 3.97. The maximum absolute atomic E-state index is 5.75. The van der Waals surface area contributed by atoms with Gasteiger partial charge in [0, 0.05) is 5.69 Å². The van der Waals surface area contributed by atoms with Gasteiger partial charge in [-0.25, -0.2) is 0 Å². The van der Waals surface area contributed by atoms with Gasteiger partial charge in [0.2, 0.25) is 0 Å². The first-order valence-corrected chi connectivity index (χ1v) is 8.04. The number of furan rings is 1. The standard InChI is InChI=1S/C17H17NOS/c1-20-12-17-9-8-16(19-17)11-18-15-7-6-13-4-2-3-5-14(13)10-15/h2-10,18H,11-12H2,1H3. The Hall–Kier alpha value is -1.87. The van der Waals surface area contributed by atoms with Gasteiger partial charge >= 0.3 is 0 Å². The zero-order valence-electron chi connectivity index (χ0n) is 11.4. The molecule has 0 unspecified atom stereocenters. The van der Waals surface area contributed by atoms with Crippen LogP contribution in [0.1, 0.15) is 11.5 Å². The molecular weight excluding hydrogens is 266 g/mol. The van der Waals surface area contributed by atoms with Crippen molar-refractivity contribution in [3.8, 4) is 0 Å². The molecule has 1 aromatic heterocycles. The molecule has 3 rings (SSSR count). The van der Waals surface area contributed by atoms with E-state index >= 15 is 0 Å². The van der Waals surface area contributed by atoms with Gasteiger partial charge in [-0.15, -0.1) is 0 Å². The van der Waals surface area contributed by atoms with Gasteiger partial charge in [-0.05, 0) is 41.3 Å². The van der Waals surface area contributed by atoms with Gasteiger partial charge in [-0.3, -0.25) is 0 Å². The van der Waals surface area contributed by atoms with E-state index < -0.39 is 0 Å². The lowest BCUT2D eigenvalue weighted by Crippen LogP contribution is -1.97. The molecule has 20 heavy (non-hydrogen) atoms. The van der Waals surface area contributed by atoms with Gasteiger partial charge in [0.1, 0.15) is 11.5 Å². The maximum Gasteiger partial charge on any atom is 0.123 e. The summed E-state index contributed by atoms with van der Waals surface area (Å²) in [7, 11) is 0. The van der Waals surface area contributed by atoms with Crippen molar-refractivity contribution in [2.75, 3.05) is 11.6 Å². The highest BCUT2D eigenvalue weighted by Gasteiger charge is 2.02. The highest BCUT2D eigenvalue weighted by molar-refractivity contribution is 7.97. The van der Waals surface area contributed by atoms with Crippen LogP contribution in [0.2, 0.25) is 0 Å². The van der Waals surface area contributed by atoms with Crippen LogP contribution in [0, 0.1) is 0 Å². The lowest BCUT2D eigenvalue weighted by molar-refractivity contribution is 0.487. The van der Waals surface area contributed by atoms with E-state index in [1.807, 2.05) is 12.1 Å². The van der Waals surface area contributed by atoms with E-state index in [9.17, 15) is 0 Å². The summed E-state index contributed by atoms with van der Waals surface area (Å²) in [4.78, 5) is 0. The Morgan fingerprint density at radius 1 is 0.950 bits per heavy atom. The van der Waals surface area contributed by atoms with Gasteiger partial charge in [-0.1, -0.05) is 30.3 Å². The zero-order chi connectivity index (χ0) is 13.8. The third kappa shape index (κ3) is 2.99. The van der Waals surface area contributed by atoms with E-state index in [2.05, 4.69) is 54.0 Å². The van der Waals surface area contributed by atoms with E-state index in [0.717, 1.165) is 23.0 Å². The van der Waals surface area contributed by atoms with Gasteiger partial charge in [-0.2, -0.15) is 11.8 Å². The molecule has 0 saturated carbocycles. The van der Waals surface area contributed by atoms with E-state index in [1.165, 1.54) is 10.8 Å². The number of fused-ring (bicyclic) bond motifs is 1. The largest absolute Gasteiger partial charge is 0.463 e. The average Bonchev–Trinajstić information content (AvgIpc) is 2.93. The maximum atomic E-state index is 5.75. The summed E-state index contributed by atoms with van der Waals surface area (Å²) in [5.41, 5.74) is 1.12. The number of hydrogen-bond acceptors (Lipinski definition) is 3. The fourth-order valence-corrected chi connectivity index (χ4v) is 2.67. The topological polar surface area (TPSA) is 25.2 Å². The first kappa shape index (κ1) is 13.1. The number of rotatable bonds is 5. The molecule has 2 aromatic carbocycles. The first-order valence-electron chi connectivity index (χ1n) is 6.64. The van der Waals surface area contributed by atoms with E-state index in [-0.39, 0.29) is 0 Å². The molecule has 1 heterocycles. The summed E-state index contributed by atoms with van der Waals surface area (Å²) in [5, 5.41) is 5.92. The van der Waals surface area contributed by atoms with Crippen LogP contribution in [0.4, 0.5) is 5.69 Å². The molecule has 0 aliphatic rings. The second kappa shape index (κ2) is 6.06. The van der Waals surface area contributed by atoms with Crippen molar-refractivity contribution in [3.63, 3.8) is 0 Å². The molecular formula is C17H17NOS. The molecule has 0 saturated heterocycles. The predicted molar refractivity (Wildman–Crippen MR) is 87.2 cm³/mol. The van der Waals surface area contributed by atoms with Crippen molar-refractivity contribution in [1.29, 1.82) is 0 Å². The minimum absolute atomic E-state index is 0.715. The molecule has 0 aliphatic heterocycles. The summed E-state index contributed by atoms with van der Waals surface area (Å²) in [6.07, 6.45) is 2.08. The molecule has 0 bridgehead atoms. The van der Waals surface area contributed by atoms with Gasteiger partial charge < -0.3 is 9.73 Å². The quantitative estimate of drug-likeness (QED) is 0.720. The predicted octanol–water partition coefficient (Wildman–Crippen LogP) is 4.91. The highest BCUT2D eigenvalue weighted by atomic mass is 32.2. The number of hydrogen-bond donors (Lipinski definition) is 1. The number of benzene rings is 2. The number of nitrogens with one attached hydrogen (secondary N) is 1. The fourth-order valence-electron chi connectivity index (χ4n) is 2.23. The van der Waals surface area contributed by atoms with Gasteiger partial charge in [0.25, 0.3) is 0 Å². The Labute approximate surface area is 123 Å². The zero-order valence-corrected chi connectivity index (χ0v) is 12.2. The molecule has 3 heteroatoms. The van der Waals surface area contributed by atoms with E-state index in [4.69, 9.17) is 4.42 Å². The Bertz CT molecular complexity index is 705. The molecule has 3 aromatic rings. The molecule has 102 valence electrons. The van der Waals surface area contributed by atoms with Crippen molar-refractivity contribution >= 4 is 28.2 Å². The van der Waals surface area contributed by atoms with Crippen molar-refractivity contribution in [2.24, 2.45) is 0 Å².